The second kappa shape index (κ2) is 11.2. The fourth-order valence-electron chi connectivity index (χ4n) is 3.25. The average Bonchev–Trinajstić information content (AvgIpc) is 2.78. The maximum Gasteiger partial charge on any atom is 0.243 e. The molecular formula is C21H27FN6O2. The summed E-state index contributed by atoms with van der Waals surface area (Å²) in [6, 6.07) is 10.1. The molecule has 1 amide bonds. The molecule has 1 unspecified atom stereocenters. The summed E-state index contributed by atoms with van der Waals surface area (Å²) < 4.78 is 18.8. The lowest BCUT2D eigenvalue weighted by molar-refractivity contribution is -0.115. The van der Waals surface area contributed by atoms with Crippen molar-refractivity contribution in [2.24, 2.45) is 4.99 Å². The highest BCUT2D eigenvalue weighted by Crippen LogP contribution is 2.21. The molecule has 3 N–H and O–H groups in total. The van der Waals surface area contributed by atoms with E-state index in [4.69, 9.17) is 4.74 Å². The zero-order valence-corrected chi connectivity index (χ0v) is 17.0. The first-order valence-electron chi connectivity index (χ1n) is 9.87. The highest BCUT2D eigenvalue weighted by atomic mass is 19.1. The van der Waals surface area contributed by atoms with E-state index in [9.17, 15) is 9.18 Å². The molecule has 1 atom stereocenters. The van der Waals surface area contributed by atoms with Crippen molar-refractivity contribution in [2.75, 3.05) is 51.8 Å². The van der Waals surface area contributed by atoms with Gasteiger partial charge in [0.2, 0.25) is 5.91 Å². The topological polar surface area (TPSA) is 90.9 Å². The third kappa shape index (κ3) is 6.50. The third-order valence-electron chi connectivity index (χ3n) is 4.79. The van der Waals surface area contributed by atoms with Gasteiger partial charge in [0.25, 0.3) is 0 Å². The van der Waals surface area contributed by atoms with Crippen molar-refractivity contribution in [3.05, 3.63) is 60.2 Å². The Morgan fingerprint density at radius 1 is 1.23 bits per heavy atom. The van der Waals surface area contributed by atoms with E-state index in [1.54, 1.807) is 43.7 Å². The van der Waals surface area contributed by atoms with Crippen molar-refractivity contribution in [1.82, 2.24) is 20.5 Å². The lowest BCUT2D eigenvalue weighted by atomic mass is 10.0. The molecule has 1 aliphatic heterocycles. The first-order chi connectivity index (χ1) is 14.7. The number of benzene rings is 1. The Kier molecular flexibility index (Phi) is 8.10. The Morgan fingerprint density at radius 3 is 2.67 bits per heavy atom. The van der Waals surface area contributed by atoms with Crippen LogP contribution in [0.25, 0.3) is 0 Å². The molecule has 1 saturated heterocycles. The van der Waals surface area contributed by atoms with Gasteiger partial charge in [-0.3, -0.25) is 19.7 Å². The van der Waals surface area contributed by atoms with Gasteiger partial charge in [-0.2, -0.15) is 0 Å². The van der Waals surface area contributed by atoms with Crippen molar-refractivity contribution in [3.63, 3.8) is 0 Å². The molecule has 0 radical (unpaired) electrons. The summed E-state index contributed by atoms with van der Waals surface area (Å²) in [5, 5.41) is 9.05. The largest absolute Gasteiger partial charge is 0.379 e. The number of halogens is 1. The maximum absolute atomic E-state index is 13.4. The Labute approximate surface area is 175 Å². The van der Waals surface area contributed by atoms with Crippen LogP contribution in [0.2, 0.25) is 0 Å². The summed E-state index contributed by atoms with van der Waals surface area (Å²) in [6.07, 6.45) is 3.23. The van der Waals surface area contributed by atoms with Crippen LogP contribution in [-0.4, -0.2) is 68.2 Å². The molecule has 0 aliphatic carbocycles. The number of guanidine groups is 1. The predicted octanol–water partition coefficient (Wildman–Crippen LogP) is 1.40. The summed E-state index contributed by atoms with van der Waals surface area (Å²) in [6.45, 7) is 3.54. The Balaban J connectivity index is 1.56. The van der Waals surface area contributed by atoms with Crippen LogP contribution in [0.4, 0.5) is 10.1 Å². The number of aliphatic imine (C=N–C) groups is 1. The average molecular weight is 414 g/mol. The summed E-state index contributed by atoms with van der Waals surface area (Å²) in [5.41, 5.74) is 1.64. The number of carbonyl (C=O) groups excluding carboxylic acids is 1. The van der Waals surface area contributed by atoms with Crippen LogP contribution in [0.3, 0.4) is 0 Å². The molecule has 1 fully saturated rings. The standard InChI is InChI=1S/C21H27FN6O2/c1-23-21(26-15-20(29)27-18-3-2-8-24-13-18)25-14-19(28-9-11-30-12-10-28)16-4-6-17(22)7-5-16/h2-8,13,19H,9-12,14-15H2,1H3,(H,27,29)(H2,23,25,26). The van der Waals surface area contributed by atoms with E-state index in [0.29, 0.717) is 31.4 Å². The molecule has 3 rings (SSSR count). The first kappa shape index (κ1) is 21.7. The SMILES string of the molecule is CN=C(NCC(=O)Nc1cccnc1)NCC(c1ccc(F)cc1)N1CCOCC1. The molecule has 160 valence electrons. The monoisotopic (exact) mass is 414 g/mol. The van der Waals surface area contributed by atoms with Crippen LogP contribution in [0.5, 0.6) is 0 Å². The number of hydrogen-bond acceptors (Lipinski definition) is 5. The molecular weight excluding hydrogens is 387 g/mol. The minimum atomic E-state index is -0.260. The molecule has 30 heavy (non-hydrogen) atoms. The maximum atomic E-state index is 13.4. The number of ether oxygens (including phenoxy) is 1. The number of nitrogens with one attached hydrogen (secondary N) is 3. The Hall–Kier alpha value is -3.04. The Morgan fingerprint density at radius 2 is 2.00 bits per heavy atom. The van der Waals surface area contributed by atoms with Gasteiger partial charge in [0, 0.05) is 32.9 Å². The molecule has 8 nitrogen and oxygen atoms in total. The number of anilines is 1. The van der Waals surface area contributed by atoms with Gasteiger partial charge in [-0.05, 0) is 29.8 Å². The predicted molar refractivity (Wildman–Crippen MR) is 114 cm³/mol. The number of rotatable bonds is 7. The van der Waals surface area contributed by atoms with Crippen molar-refractivity contribution in [3.8, 4) is 0 Å². The van der Waals surface area contributed by atoms with Gasteiger partial charge in [0.1, 0.15) is 5.82 Å². The molecule has 0 spiro atoms. The smallest absolute Gasteiger partial charge is 0.243 e. The molecule has 0 saturated carbocycles. The highest BCUT2D eigenvalue weighted by molar-refractivity contribution is 5.94. The Bertz CT molecular complexity index is 825. The van der Waals surface area contributed by atoms with E-state index >= 15 is 0 Å². The number of pyridine rings is 1. The summed E-state index contributed by atoms with van der Waals surface area (Å²) in [4.78, 5) is 22.6. The highest BCUT2D eigenvalue weighted by Gasteiger charge is 2.23. The number of hydrogen-bond donors (Lipinski definition) is 3. The van der Waals surface area contributed by atoms with Gasteiger partial charge >= 0.3 is 0 Å². The quantitative estimate of drug-likeness (QED) is 0.469. The second-order valence-electron chi connectivity index (χ2n) is 6.81. The van der Waals surface area contributed by atoms with Crippen LogP contribution in [0.1, 0.15) is 11.6 Å². The molecule has 2 aromatic rings. The van der Waals surface area contributed by atoms with E-state index < -0.39 is 0 Å². The molecule has 2 heterocycles. The van der Waals surface area contributed by atoms with Crippen molar-refractivity contribution in [1.29, 1.82) is 0 Å². The van der Waals surface area contributed by atoms with Crippen LogP contribution in [0.15, 0.2) is 53.8 Å². The minimum Gasteiger partial charge on any atom is -0.379 e. The summed E-state index contributed by atoms with van der Waals surface area (Å²) in [5.74, 6) is 0.0514. The summed E-state index contributed by atoms with van der Waals surface area (Å²) >= 11 is 0. The van der Waals surface area contributed by atoms with Crippen LogP contribution in [-0.2, 0) is 9.53 Å². The number of carbonyl (C=O) groups is 1. The lowest BCUT2D eigenvalue weighted by Gasteiger charge is -2.35. The number of nitrogens with zero attached hydrogens (tertiary/aromatic N) is 3. The number of aromatic nitrogens is 1. The van der Waals surface area contributed by atoms with E-state index in [0.717, 1.165) is 18.7 Å². The van der Waals surface area contributed by atoms with E-state index in [1.807, 2.05) is 0 Å². The molecule has 1 aromatic heterocycles. The zero-order chi connectivity index (χ0) is 21.2. The fourth-order valence-corrected chi connectivity index (χ4v) is 3.25. The number of morpholine rings is 1. The normalized spacial score (nSPS) is 16.0. The first-order valence-corrected chi connectivity index (χ1v) is 9.87. The van der Waals surface area contributed by atoms with Gasteiger partial charge in [0.15, 0.2) is 5.96 Å². The van der Waals surface area contributed by atoms with Crippen molar-refractivity contribution < 1.29 is 13.9 Å². The second-order valence-corrected chi connectivity index (χ2v) is 6.81. The minimum absolute atomic E-state index is 0.0252. The van der Waals surface area contributed by atoms with E-state index in [2.05, 4.69) is 30.8 Å². The van der Waals surface area contributed by atoms with Gasteiger partial charge < -0.3 is 20.7 Å². The van der Waals surface area contributed by atoms with E-state index in [1.165, 1.54) is 12.1 Å². The van der Waals surface area contributed by atoms with Gasteiger partial charge in [-0.25, -0.2) is 4.39 Å². The van der Waals surface area contributed by atoms with Gasteiger partial charge in [-0.1, -0.05) is 12.1 Å². The van der Waals surface area contributed by atoms with Gasteiger partial charge in [-0.15, -0.1) is 0 Å². The van der Waals surface area contributed by atoms with Crippen LogP contribution in [0, 0.1) is 5.82 Å². The van der Waals surface area contributed by atoms with E-state index in [-0.39, 0.29) is 24.3 Å². The number of amides is 1. The third-order valence-corrected chi connectivity index (χ3v) is 4.79. The van der Waals surface area contributed by atoms with Crippen LogP contribution < -0.4 is 16.0 Å². The van der Waals surface area contributed by atoms with Crippen LogP contribution >= 0.6 is 0 Å². The zero-order valence-electron chi connectivity index (χ0n) is 17.0. The molecule has 1 aliphatic rings. The molecule has 1 aromatic carbocycles. The van der Waals surface area contributed by atoms with Crippen molar-refractivity contribution in [2.45, 2.75) is 6.04 Å². The fraction of sp³-hybridized carbons (Fsp3) is 0.381. The van der Waals surface area contributed by atoms with Crippen molar-refractivity contribution >= 4 is 17.6 Å². The molecule has 9 heteroatoms. The molecule has 0 bridgehead atoms. The summed E-state index contributed by atoms with van der Waals surface area (Å²) in [7, 11) is 1.65. The lowest BCUT2D eigenvalue weighted by Crippen LogP contribution is -2.47. The van der Waals surface area contributed by atoms with Gasteiger partial charge in [0.05, 0.1) is 37.7 Å².